The quantitative estimate of drug-likeness (QED) is 0.749. The Morgan fingerprint density at radius 3 is 2.68 bits per heavy atom. The number of halogens is 3. The van der Waals surface area contributed by atoms with Gasteiger partial charge in [0.2, 0.25) is 15.9 Å². The Kier molecular flexibility index (Phi) is 6.55. The normalized spacial score (nSPS) is 28.2. The van der Waals surface area contributed by atoms with Crippen molar-refractivity contribution in [2.24, 2.45) is 5.92 Å². The summed E-state index contributed by atoms with van der Waals surface area (Å²) in [6, 6.07) is -0.832. The first-order chi connectivity index (χ1) is 9.66. The summed E-state index contributed by atoms with van der Waals surface area (Å²) in [4.78, 5) is 13.8. The molecule has 2 saturated heterocycles. The van der Waals surface area contributed by atoms with Gasteiger partial charge >= 0.3 is 0 Å². The van der Waals surface area contributed by atoms with Crippen molar-refractivity contribution < 1.29 is 22.0 Å². The third kappa shape index (κ3) is 5.60. The highest BCUT2D eigenvalue weighted by atomic mass is 35.5. The number of hydrogen-bond donors (Lipinski definition) is 2. The van der Waals surface area contributed by atoms with Crippen molar-refractivity contribution >= 4 is 28.3 Å². The Balaban J connectivity index is 0.00000242. The molecule has 2 aliphatic heterocycles. The van der Waals surface area contributed by atoms with Crippen molar-refractivity contribution in [1.29, 1.82) is 0 Å². The van der Waals surface area contributed by atoms with Crippen LogP contribution in [0.4, 0.5) is 8.78 Å². The van der Waals surface area contributed by atoms with E-state index >= 15 is 0 Å². The number of carbonyl (C=O) groups excluding carboxylic acids is 1. The van der Waals surface area contributed by atoms with Gasteiger partial charge in [-0.2, -0.15) is 0 Å². The summed E-state index contributed by atoms with van der Waals surface area (Å²) in [5.41, 5.74) is 0. The van der Waals surface area contributed by atoms with Crippen LogP contribution in [0.5, 0.6) is 0 Å². The summed E-state index contributed by atoms with van der Waals surface area (Å²) in [5, 5.41) is 2.56. The minimum absolute atomic E-state index is 0. The lowest BCUT2D eigenvalue weighted by Gasteiger charge is -2.34. The van der Waals surface area contributed by atoms with Crippen molar-refractivity contribution in [3.63, 3.8) is 0 Å². The van der Waals surface area contributed by atoms with Gasteiger partial charge in [-0.3, -0.25) is 10.1 Å². The molecule has 10 heteroatoms. The zero-order valence-corrected chi connectivity index (χ0v) is 14.0. The minimum atomic E-state index is -3.26. The zero-order valence-electron chi connectivity index (χ0n) is 12.3. The highest BCUT2D eigenvalue weighted by Gasteiger charge is 2.44. The van der Waals surface area contributed by atoms with Crippen LogP contribution in [-0.4, -0.2) is 63.6 Å². The summed E-state index contributed by atoms with van der Waals surface area (Å²) >= 11 is 0. The maximum Gasteiger partial charge on any atom is 0.262 e. The number of nitrogens with one attached hydrogen (secondary N) is 2. The second-order valence-electron chi connectivity index (χ2n) is 5.91. The fraction of sp³-hybridized carbons (Fsp3) is 0.917. The monoisotopic (exact) mass is 361 g/mol. The van der Waals surface area contributed by atoms with Crippen molar-refractivity contribution in [2.45, 2.75) is 31.2 Å². The van der Waals surface area contributed by atoms with Crippen molar-refractivity contribution in [3.05, 3.63) is 0 Å². The maximum atomic E-state index is 13.1. The summed E-state index contributed by atoms with van der Waals surface area (Å²) in [5.74, 6) is -3.11. The Labute approximate surface area is 135 Å². The van der Waals surface area contributed by atoms with Gasteiger partial charge < -0.3 is 4.90 Å². The van der Waals surface area contributed by atoms with Gasteiger partial charge in [0.15, 0.2) is 0 Å². The Morgan fingerprint density at radius 2 is 2.14 bits per heavy atom. The standard InChI is InChI=1S/C12H21F2N3O3S.ClH/c1-21(19,20)16-6-9-3-2-4-17(7-9)11(18)10-5-12(13,14)8-15-10;/h9-10,15-16H,2-8H2,1H3;1H. The van der Waals surface area contributed by atoms with Crippen molar-refractivity contribution in [3.8, 4) is 0 Å². The number of rotatable bonds is 4. The molecule has 1 amide bonds. The number of nitrogens with zero attached hydrogens (tertiary/aromatic N) is 1. The average Bonchev–Trinajstić information content (AvgIpc) is 2.75. The van der Waals surface area contributed by atoms with Gasteiger partial charge in [-0.05, 0) is 18.8 Å². The highest BCUT2D eigenvalue weighted by molar-refractivity contribution is 7.88. The van der Waals surface area contributed by atoms with E-state index in [9.17, 15) is 22.0 Å². The fourth-order valence-corrected chi connectivity index (χ4v) is 3.35. The first-order valence-corrected chi connectivity index (χ1v) is 8.90. The summed E-state index contributed by atoms with van der Waals surface area (Å²) < 4.78 is 50.9. The molecule has 0 bridgehead atoms. The smallest absolute Gasteiger partial charge is 0.262 e. The minimum Gasteiger partial charge on any atom is -0.341 e. The summed E-state index contributed by atoms with van der Waals surface area (Å²) in [7, 11) is -3.26. The highest BCUT2D eigenvalue weighted by Crippen LogP contribution is 2.27. The molecule has 0 saturated carbocycles. The van der Waals surface area contributed by atoms with E-state index in [4.69, 9.17) is 0 Å². The van der Waals surface area contributed by atoms with Gasteiger partial charge in [-0.25, -0.2) is 21.9 Å². The molecular weight excluding hydrogens is 340 g/mol. The molecule has 2 aliphatic rings. The van der Waals surface area contributed by atoms with Crippen LogP contribution in [0.1, 0.15) is 19.3 Å². The Bertz CT molecular complexity index is 504. The Morgan fingerprint density at radius 1 is 1.45 bits per heavy atom. The second-order valence-corrected chi connectivity index (χ2v) is 7.74. The van der Waals surface area contributed by atoms with Crippen molar-refractivity contribution in [2.75, 3.05) is 32.4 Å². The van der Waals surface area contributed by atoms with Crippen molar-refractivity contribution in [1.82, 2.24) is 14.9 Å². The first kappa shape index (κ1) is 19.5. The predicted molar refractivity (Wildman–Crippen MR) is 80.8 cm³/mol. The third-order valence-corrected chi connectivity index (χ3v) is 4.56. The molecule has 2 atom stereocenters. The van der Waals surface area contributed by atoms with Gasteiger partial charge in [-0.15, -0.1) is 12.4 Å². The molecule has 0 aliphatic carbocycles. The van der Waals surface area contributed by atoms with Crippen LogP contribution >= 0.6 is 12.4 Å². The topological polar surface area (TPSA) is 78.5 Å². The molecule has 0 radical (unpaired) electrons. The van der Waals surface area contributed by atoms with Crippen LogP contribution in [0.3, 0.4) is 0 Å². The lowest BCUT2D eigenvalue weighted by molar-refractivity contribution is -0.135. The molecular formula is C12H22ClF2N3O3S. The van der Waals surface area contributed by atoms with Gasteiger partial charge in [0.25, 0.3) is 5.92 Å². The fourth-order valence-electron chi connectivity index (χ4n) is 2.81. The van der Waals surface area contributed by atoms with Crippen LogP contribution in [0, 0.1) is 5.92 Å². The van der Waals surface area contributed by atoms with E-state index in [0.717, 1.165) is 19.1 Å². The van der Waals surface area contributed by atoms with E-state index in [1.54, 1.807) is 4.90 Å². The van der Waals surface area contributed by atoms with E-state index in [2.05, 4.69) is 10.0 Å². The summed E-state index contributed by atoms with van der Waals surface area (Å²) in [6.45, 7) is 0.760. The molecule has 2 unspecified atom stereocenters. The van der Waals surface area contributed by atoms with E-state index in [0.29, 0.717) is 13.1 Å². The molecule has 2 N–H and O–H groups in total. The Hall–Kier alpha value is -0.510. The number of hydrogen-bond acceptors (Lipinski definition) is 4. The van der Waals surface area contributed by atoms with Gasteiger partial charge in [0, 0.05) is 26.1 Å². The number of amides is 1. The van der Waals surface area contributed by atoms with E-state index in [1.165, 1.54) is 0 Å². The molecule has 130 valence electrons. The molecule has 2 rings (SSSR count). The van der Waals surface area contributed by atoms with E-state index < -0.39 is 35.0 Å². The molecule has 0 aromatic heterocycles. The molecule has 2 fully saturated rings. The van der Waals surface area contributed by atoms with Crippen LogP contribution in [-0.2, 0) is 14.8 Å². The van der Waals surface area contributed by atoms with Crippen LogP contribution in [0.25, 0.3) is 0 Å². The third-order valence-electron chi connectivity index (χ3n) is 3.87. The molecule has 2 heterocycles. The molecule has 0 aromatic carbocycles. The number of carbonyl (C=O) groups is 1. The van der Waals surface area contributed by atoms with Crippen LogP contribution < -0.4 is 10.0 Å². The largest absolute Gasteiger partial charge is 0.341 e. The average molecular weight is 362 g/mol. The van der Waals surface area contributed by atoms with Crippen LogP contribution in [0.2, 0.25) is 0 Å². The lowest BCUT2D eigenvalue weighted by Crippen LogP contribution is -2.49. The first-order valence-electron chi connectivity index (χ1n) is 7.01. The van der Waals surface area contributed by atoms with E-state index in [-0.39, 0.29) is 30.8 Å². The van der Waals surface area contributed by atoms with Gasteiger partial charge in [0.1, 0.15) is 0 Å². The second kappa shape index (κ2) is 7.37. The maximum absolute atomic E-state index is 13.1. The zero-order chi connectivity index (χ0) is 15.7. The molecule has 0 spiro atoms. The predicted octanol–water partition coefficient (Wildman–Crippen LogP) is 0.193. The number of alkyl halides is 2. The lowest BCUT2D eigenvalue weighted by atomic mass is 9.97. The van der Waals surface area contributed by atoms with Gasteiger partial charge in [0.05, 0.1) is 18.8 Å². The number of sulfonamides is 1. The SMILES string of the molecule is CS(=O)(=O)NCC1CCCN(C(=O)C2CC(F)(F)CN2)C1.Cl. The summed E-state index contributed by atoms with van der Waals surface area (Å²) in [6.07, 6.45) is 2.20. The van der Waals surface area contributed by atoms with Gasteiger partial charge in [-0.1, -0.05) is 0 Å². The molecule has 6 nitrogen and oxygen atoms in total. The number of likely N-dealkylation sites (tertiary alicyclic amines) is 1. The van der Waals surface area contributed by atoms with Crippen LogP contribution in [0.15, 0.2) is 0 Å². The number of piperidine rings is 1. The van der Waals surface area contributed by atoms with E-state index in [1.807, 2.05) is 0 Å². The molecule has 22 heavy (non-hydrogen) atoms. The molecule has 0 aromatic rings.